The van der Waals surface area contributed by atoms with Crippen LogP contribution in [0.25, 0.3) is 76.2 Å². The smallest absolute Gasteiger partial charge is 0.137 e. The molecule has 0 unspecified atom stereocenters. The molecule has 12 rings (SSSR count). The summed E-state index contributed by atoms with van der Waals surface area (Å²) in [6.07, 6.45) is 0. The van der Waals surface area contributed by atoms with Crippen molar-refractivity contribution in [2.75, 3.05) is 9.80 Å². The summed E-state index contributed by atoms with van der Waals surface area (Å²) in [4.78, 5) is 4.66. The molecule has 2 heterocycles. The second-order valence-corrected chi connectivity index (χ2v) is 19.9. The van der Waals surface area contributed by atoms with Crippen molar-refractivity contribution in [3.05, 3.63) is 205 Å². The van der Waals surface area contributed by atoms with Gasteiger partial charge in [-0.15, -0.1) is 0 Å². The van der Waals surface area contributed by atoms with Gasteiger partial charge < -0.3 is 18.6 Å². The Bertz CT molecular complexity index is 3590. The average Bonchev–Trinajstić information content (AvgIpc) is 3.86. The Balaban J connectivity index is 0.942. The number of nitrogens with zero attached hydrogens (tertiary/aromatic N) is 2. The van der Waals surface area contributed by atoms with E-state index in [1.807, 2.05) is 0 Å². The second-order valence-electron chi connectivity index (χ2n) is 19.9. The van der Waals surface area contributed by atoms with Gasteiger partial charge in [0.15, 0.2) is 0 Å². The highest BCUT2D eigenvalue weighted by Gasteiger charge is 2.21. The van der Waals surface area contributed by atoms with Crippen LogP contribution >= 0.6 is 0 Å². The highest BCUT2D eigenvalue weighted by molar-refractivity contribution is 6.16. The fraction of sp³-hybridized carbons (Fsp3) is 0.129. The molecule has 66 heavy (non-hydrogen) atoms. The van der Waals surface area contributed by atoms with Crippen molar-refractivity contribution in [1.29, 1.82) is 0 Å². The average molecular weight is 855 g/mol. The van der Waals surface area contributed by atoms with Crippen LogP contribution in [0.15, 0.2) is 203 Å². The van der Waals surface area contributed by atoms with Crippen molar-refractivity contribution in [1.82, 2.24) is 0 Å². The van der Waals surface area contributed by atoms with E-state index in [0.717, 1.165) is 88.8 Å². The van der Waals surface area contributed by atoms with Crippen LogP contribution in [0.3, 0.4) is 0 Å². The van der Waals surface area contributed by atoms with Gasteiger partial charge in [-0.1, -0.05) is 126 Å². The first kappa shape index (κ1) is 39.7. The molecule has 0 spiro atoms. The third-order valence-corrected chi connectivity index (χ3v) is 13.5. The monoisotopic (exact) mass is 854 g/mol. The highest BCUT2D eigenvalue weighted by Crippen LogP contribution is 2.44. The zero-order valence-electron chi connectivity index (χ0n) is 38.2. The van der Waals surface area contributed by atoms with E-state index in [-0.39, 0.29) is 10.8 Å². The molecular formula is C62H50N2O2. The van der Waals surface area contributed by atoms with E-state index in [9.17, 15) is 0 Å². The first-order valence-corrected chi connectivity index (χ1v) is 23.0. The molecule has 0 N–H and O–H groups in total. The van der Waals surface area contributed by atoms with Gasteiger partial charge in [-0.05, 0) is 151 Å². The van der Waals surface area contributed by atoms with Gasteiger partial charge in [-0.3, -0.25) is 0 Å². The van der Waals surface area contributed by atoms with Gasteiger partial charge in [0.25, 0.3) is 0 Å². The van der Waals surface area contributed by atoms with E-state index in [1.165, 1.54) is 32.7 Å². The molecule has 10 aromatic carbocycles. The molecular weight excluding hydrogens is 805 g/mol. The van der Waals surface area contributed by atoms with Crippen molar-refractivity contribution in [3.63, 3.8) is 0 Å². The van der Waals surface area contributed by atoms with Crippen molar-refractivity contribution in [2.24, 2.45) is 0 Å². The largest absolute Gasteiger partial charge is 0.456 e. The van der Waals surface area contributed by atoms with Gasteiger partial charge in [0.2, 0.25) is 0 Å². The number of hydrogen-bond acceptors (Lipinski definition) is 4. The lowest BCUT2D eigenvalue weighted by molar-refractivity contribution is 0.590. The maximum atomic E-state index is 6.76. The topological polar surface area (TPSA) is 32.8 Å². The summed E-state index contributed by atoms with van der Waals surface area (Å²) in [6, 6.07) is 70.5. The van der Waals surface area contributed by atoms with Crippen LogP contribution in [-0.2, 0) is 10.8 Å². The summed E-state index contributed by atoms with van der Waals surface area (Å²) >= 11 is 0. The van der Waals surface area contributed by atoms with Crippen LogP contribution in [0.4, 0.5) is 34.1 Å². The van der Waals surface area contributed by atoms with Crippen LogP contribution in [0.5, 0.6) is 0 Å². The van der Waals surface area contributed by atoms with Crippen molar-refractivity contribution >= 4 is 110 Å². The summed E-state index contributed by atoms with van der Waals surface area (Å²) in [5.41, 5.74) is 12.6. The summed E-state index contributed by atoms with van der Waals surface area (Å²) < 4.78 is 13.5. The maximum Gasteiger partial charge on any atom is 0.137 e. The van der Waals surface area contributed by atoms with Crippen LogP contribution in [0, 0.1) is 0 Å². The second kappa shape index (κ2) is 14.9. The summed E-state index contributed by atoms with van der Waals surface area (Å²) in [5, 5.41) is 11.4. The molecule has 320 valence electrons. The maximum absolute atomic E-state index is 6.76. The number of anilines is 6. The number of benzene rings is 10. The van der Waals surface area contributed by atoms with Crippen molar-refractivity contribution in [3.8, 4) is 0 Å². The number of rotatable bonds is 6. The molecule has 2 aromatic heterocycles. The molecule has 0 aliphatic carbocycles. The third-order valence-electron chi connectivity index (χ3n) is 13.5. The Hall–Kier alpha value is -7.82. The van der Waals surface area contributed by atoms with Crippen molar-refractivity contribution < 1.29 is 8.83 Å². The fourth-order valence-electron chi connectivity index (χ4n) is 9.80. The van der Waals surface area contributed by atoms with E-state index < -0.39 is 0 Å². The van der Waals surface area contributed by atoms with Crippen LogP contribution < -0.4 is 9.80 Å². The van der Waals surface area contributed by atoms with Gasteiger partial charge >= 0.3 is 0 Å². The Morgan fingerprint density at radius 2 is 0.606 bits per heavy atom. The van der Waals surface area contributed by atoms with Crippen LogP contribution in [0.1, 0.15) is 52.7 Å². The molecule has 0 bridgehead atoms. The van der Waals surface area contributed by atoms with Gasteiger partial charge in [0.05, 0.1) is 0 Å². The van der Waals surface area contributed by atoms with Crippen molar-refractivity contribution in [2.45, 2.75) is 52.4 Å². The normalized spacial score (nSPS) is 12.4. The third kappa shape index (κ3) is 6.84. The predicted molar refractivity (Wildman–Crippen MR) is 280 cm³/mol. The predicted octanol–water partition coefficient (Wildman–Crippen LogP) is 18.5. The van der Waals surface area contributed by atoms with E-state index in [2.05, 4.69) is 245 Å². The van der Waals surface area contributed by atoms with E-state index in [1.54, 1.807) is 0 Å². The molecule has 4 heteroatoms. The van der Waals surface area contributed by atoms with Crippen LogP contribution in [-0.4, -0.2) is 0 Å². The SMILES string of the molecule is CC(C)(C)c1ccc(N(c2ccc3ccccc3c2)c2ccc3c(c2)oc2cc4cc5c(cc4cc23)oc2cc(N(c3ccc(C(C)(C)C)cc3)c3ccc4ccccc4c3)ccc25)cc1. The Kier molecular flexibility index (Phi) is 8.95. The zero-order valence-corrected chi connectivity index (χ0v) is 38.2. The molecule has 0 aliphatic heterocycles. The van der Waals surface area contributed by atoms with E-state index >= 15 is 0 Å². The minimum atomic E-state index is 0.0584. The van der Waals surface area contributed by atoms with Crippen LogP contribution in [0.2, 0.25) is 0 Å². The molecule has 0 amide bonds. The minimum absolute atomic E-state index is 0.0584. The first-order chi connectivity index (χ1) is 31.9. The molecule has 0 atom stereocenters. The molecule has 12 aromatic rings. The van der Waals surface area contributed by atoms with Gasteiger partial charge in [-0.25, -0.2) is 0 Å². The fourth-order valence-corrected chi connectivity index (χ4v) is 9.80. The first-order valence-electron chi connectivity index (χ1n) is 23.0. The van der Waals surface area contributed by atoms with E-state index in [4.69, 9.17) is 8.83 Å². The Labute approximate surface area is 384 Å². The lowest BCUT2D eigenvalue weighted by Gasteiger charge is -2.27. The molecule has 0 aliphatic rings. The molecule has 0 radical (unpaired) electrons. The standard InChI is InChI=1S/C62H50N2O2/c1-61(2,3)45-17-23-47(24-18-45)63(49-21-15-39-11-7-9-13-41(39)31-49)51-27-29-53-55-33-43-36-58-56(34-44(43)35-57(55)65-59(53)37-51)54-30-28-52(38-60(54)66-58)64(48-25-19-46(20-26-48)62(4,5)6)50-22-16-40-12-8-10-14-42(40)32-50/h7-38H,1-6H3. The summed E-state index contributed by atoms with van der Waals surface area (Å²) in [6.45, 7) is 13.5. The highest BCUT2D eigenvalue weighted by atomic mass is 16.3. The lowest BCUT2D eigenvalue weighted by Crippen LogP contribution is -2.13. The molecule has 4 nitrogen and oxygen atoms in total. The van der Waals surface area contributed by atoms with Gasteiger partial charge in [0.1, 0.15) is 22.3 Å². The molecule has 0 saturated carbocycles. The number of fused-ring (bicyclic) bond motifs is 9. The number of hydrogen-bond donors (Lipinski definition) is 0. The summed E-state index contributed by atoms with van der Waals surface area (Å²) in [7, 11) is 0. The summed E-state index contributed by atoms with van der Waals surface area (Å²) in [5.74, 6) is 0. The lowest BCUT2D eigenvalue weighted by atomic mass is 9.87. The van der Waals surface area contributed by atoms with E-state index in [0.29, 0.717) is 0 Å². The quantitative estimate of drug-likeness (QED) is 0.167. The van der Waals surface area contributed by atoms with Gasteiger partial charge in [-0.2, -0.15) is 0 Å². The molecule has 0 saturated heterocycles. The van der Waals surface area contributed by atoms with Gasteiger partial charge in [0, 0.05) is 67.8 Å². The number of furan rings is 2. The Morgan fingerprint density at radius 1 is 0.273 bits per heavy atom. The Morgan fingerprint density at radius 3 is 1.00 bits per heavy atom. The molecule has 0 fully saturated rings. The zero-order chi connectivity index (χ0) is 44.9. The minimum Gasteiger partial charge on any atom is -0.456 e.